The molecule has 1 aliphatic heterocycles. The largest absolute Gasteiger partial charge is 0.340 e. The van der Waals surface area contributed by atoms with Crippen LogP contribution >= 0.6 is 0 Å². The second kappa shape index (κ2) is 5.45. The van der Waals surface area contributed by atoms with Crippen LogP contribution < -0.4 is 4.90 Å². The van der Waals surface area contributed by atoms with E-state index in [4.69, 9.17) is 0 Å². The highest BCUT2D eigenvalue weighted by Gasteiger charge is 2.22. The number of piperazine rings is 1. The number of benzene rings is 1. The summed E-state index contributed by atoms with van der Waals surface area (Å²) < 4.78 is 0. The predicted octanol–water partition coefficient (Wildman–Crippen LogP) is 2.29. The van der Waals surface area contributed by atoms with Crippen molar-refractivity contribution in [3.05, 3.63) is 48.3 Å². The molecule has 19 heavy (non-hydrogen) atoms. The molecular formula is C15H20N4. The van der Waals surface area contributed by atoms with Crippen molar-refractivity contribution in [1.82, 2.24) is 14.9 Å². The van der Waals surface area contributed by atoms with Gasteiger partial charge in [0.2, 0.25) is 5.95 Å². The fourth-order valence-corrected chi connectivity index (χ4v) is 2.69. The van der Waals surface area contributed by atoms with Gasteiger partial charge in [0.25, 0.3) is 0 Å². The lowest BCUT2D eigenvalue weighted by atomic mass is 10.1. The van der Waals surface area contributed by atoms with E-state index in [0.29, 0.717) is 6.04 Å². The molecule has 1 aromatic heterocycles. The van der Waals surface area contributed by atoms with E-state index in [2.05, 4.69) is 57.0 Å². The van der Waals surface area contributed by atoms with Crippen molar-refractivity contribution in [2.45, 2.75) is 13.0 Å². The summed E-state index contributed by atoms with van der Waals surface area (Å²) in [5.74, 6) is 0.993. The third-order valence-electron chi connectivity index (χ3n) is 3.93. The highest BCUT2D eigenvalue weighted by Crippen LogP contribution is 2.22. The Hall–Kier alpha value is -1.81. The standard InChI is InChI=1S/C15H20N4/c1-13(14-5-3-2-4-6-14)18-9-11-19(12-10-18)15-16-7-8-17-15/h2-8,13H,9-12H2,1H3,(H,16,17)/t13-/m1/s1. The maximum atomic E-state index is 4.32. The molecule has 0 bridgehead atoms. The monoisotopic (exact) mass is 256 g/mol. The van der Waals surface area contributed by atoms with Gasteiger partial charge in [0.05, 0.1) is 0 Å². The summed E-state index contributed by atoms with van der Waals surface area (Å²) in [5.41, 5.74) is 1.40. The highest BCUT2D eigenvalue weighted by atomic mass is 15.3. The Balaban J connectivity index is 1.61. The van der Waals surface area contributed by atoms with Gasteiger partial charge in [-0.3, -0.25) is 4.90 Å². The van der Waals surface area contributed by atoms with Crippen LogP contribution in [-0.2, 0) is 0 Å². The summed E-state index contributed by atoms with van der Waals surface area (Å²) >= 11 is 0. The number of hydrogen-bond donors (Lipinski definition) is 1. The van der Waals surface area contributed by atoms with Gasteiger partial charge in [-0.15, -0.1) is 0 Å². The first-order valence-electron chi connectivity index (χ1n) is 6.88. The lowest BCUT2D eigenvalue weighted by Crippen LogP contribution is -2.47. The van der Waals surface area contributed by atoms with E-state index >= 15 is 0 Å². The van der Waals surface area contributed by atoms with Crippen molar-refractivity contribution < 1.29 is 0 Å². The minimum atomic E-state index is 0.486. The third-order valence-corrected chi connectivity index (χ3v) is 3.93. The molecule has 4 heteroatoms. The molecule has 0 spiro atoms. The van der Waals surface area contributed by atoms with Gasteiger partial charge in [0.1, 0.15) is 0 Å². The first-order valence-corrected chi connectivity index (χ1v) is 6.88. The lowest BCUT2D eigenvalue weighted by molar-refractivity contribution is 0.198. The Morgan fingerprint density at radius 1 is 1.11 bits per heavy atom. The summed E-state index contributed by atoms with van der Waals surface area (Å²) in [5, 5.41) is 0. The molecule has 100 valence electrons. The second-order valence-electron chi connectivity index (χ2n) is 5.02. The van der Waals surface area contributed by atoms with Crippen molar-refractivity contribution in [1.29, 1.82) is 0 Å². The normalized spacial score (nSPS) is 18.5. The maximum Gasteiger partial charge on any atom is 0.202 e. The second-order valence-corrected chi connectivity index (χ2v) is 5.02. The number of aromatic nitrogens is 2. The molecule has 1 saturated heterocycles. The van der Waals surface area contributed by atoms with Crippen molar-refractivity contribution in [2.24, 2.45) is 0 Å². The molecular weight excluding hydrogens is 236 g/mol. The van der Waals surface area contributed by atoms with Gasteiger partial charge in [-0.1, -0.05) is 30.3 Å². The van der Waals surface area contributed by atoms with E-state index < -0.39 is 0 Å². The topological polar surface area (TPSA) is 35.2 Å². The molecule has 4 nitrogen and oxygen atoms in total. The molecule has 1 atom stereocenters. The van der Waals surface area contributed by atoms with E-state index in [0.717, 1.165) is 32.1 Å². The zero-order valence-electron chi connectivity index (χ0n) is 11.3. The lowest BCUT2D eigenvalue weighted by Gasteiger charge is -2.38. The van der Waals surface area contributed by atoms with Crippen LogP contribution in [0.25, 0.3) is 0 Å². The van der Waals surface area contributed by atoms with Gasteiger partial charge in [0.15, 0.2) is 0 Å². The van der Waals surface area contributed by atoms with Crippen LogP contribution in [0, 0.1) is 0 Å². The Bertz CT molecular complexity index is 486. The number of H-pyrrole nitrogens is 1. The smallest absolute Gasteiger partial charge is 0.202 e. The quantitative estimate of drug-likeness (QED) is 0.915. The first-order chi connectivity index (χ1) is 9.34. The SMILES string of the molecule is C[C@H](c1ccccc1)N1CCN(c2ncc[nH]2)CC1. The van der Waals surface area contributed by atoms with Crippen LogP contribution in [0.1, 0.15) is 18.5 Å². The summed E-state index contributed by atoms with van der Waals surface area (Å²) in [4.78, 5) is 12.3. The van der Waals surface area contributed by atoms with E-state index in [-0.39, 0.29) is 0 Å². The van der Waals surface area contributed by atoms with Crippen LogP contribution in [0.5, 0.6) is 0 Å². The summed E-state index contributed by atoms with van der Waals surface area (Å²) in [6, 6.07) is 11.2. The number of nitrogens with one attached hydrogen (secondary N) is 1. The van der Waals surface area contributed by atoms with E-state index in [1.54, 1.807) is 0 Å². The minimum Gasteiger partial charge on any atom is -0.340 e. The molecule has 1 aromatic carbocycles. The Kier molecular flexibility index (Phi) is 3.51. The van der Waals surface area contributed by atoms with Gasteiger partial charge in [0, 0.05) is 44.6 Å². The number of aromatic amines is 1. The molecule has 0 amide bonds. The Labute approximate surface area is 114 Å². The number of hydrogen-bond acceptors (Lipinski definition) is 3. The Morgan fingerprint density at radius 3 is 2.47 bits per heavy atom. The van der Waals surface area contributed by atoms with Gasteiger partial charge in [-0.05, 0) is 12.5 Å². The molecule has 3 rings (SSSR count). The van der Waals surface area contributed by atoms with Crippen molar-refractivity contribution >= 4 is 5.95 Å². The van der Waals surface area contributed by atoms with Gasteiger partial charge in [-0.25, -0.2) is 4.98 Å². The van der Waals surface area contributed by atoms with E-state index in [1.165, 1.54) is 5.56 Å². The van der Waals surface area contributed by atoms with Gasteiger partial charge < -0.3 is 9.88 Å². The number of imidazole rings is 1. The fourth-order valence-electron chi connectivity index (χ4n) is 2.69. The summed E-state index contributed by atoms with van der Waals surface area (Å²) in [6.07, 6.45) is 3.70. The molecule has 0 aliphatic carbocycles. The van der Waals surface area contributed by atoms with E-state index in [9.17, 15) is 0 Å². The molecule has 0 saturated carbocycles. The highest BCUT2D eigenvalue weighted by molar-refractivity contribution is 5.30. The average Bonchev–Trinajstić information content (AvgIpc) is 3.02. The molecule has 1 fully saturated rings. The number of anilines is 1. The minimum absolute atomic E-state index is 0.486. The van der Waals surface area contributed by atoms with E-state index in [1.807, 2.05) is 12.4 Å². The molecule has 0 radical (unpaired) electrons. The fraction of sp³-hybridized carbons (Fsp3) is 0.400. The van der Waals surface area contributed by atoms with Crippen molar-refractivity contribution in [3.8, 4) is 0 Å². The van der Waals surface area contributed by atoms with Crippen molar-refractivity contribution in [2.75, 3.05) is 31.1 Å². The molecule has 1 aliphatic rings. The van der Waals surface area contributed by atoms with Crippen LogP contribution in [0.2, 0.25) is 0 Å². The summed E-state index contributed by atoms with van der Waals surface area (Å²) in [7, 11) is 0. The number of rotatable bonds is 3. The molecule has 1 N–H and O–H groups in total. The number of nitrogens with zero attached hydrogens (tertiary/aromatic N) is 3. The van der Waals surface area contributed by atoms with Crippen LogP contribution in [0.4, 0.5) is 5.95 Å². The van der Waals surface area contributed by atoms with Gasteiger partial charge in [-0.2, -0.15) is 0 Å². The maximum absolute atomic E-state index is 4.32. The molecule has 2 aromatic rings. The van der Waals surface area contributed by atoms with Gasteiger partial charge >= 0.3 is 0 Å². The zero-order valence-corrected chi connectivity index (χ0v) is 11.3. The summed E-state index contributed by atoms with van der Waals surface area (Å²) in [6.45, 7) is 6.51. The van der Waals surface area contributed by atoms with Crippen LogP contribution in [0.15, 0.2) is 42.7 Å². The van der Waals surface area contributed by atoms with Crippen LogP contribution in [-0.4, -0.2) is 41.0 Å². The molecule has 2 heterocycles. The van der Waals surface area contributed by atoms with Crippen LogP contribution in [0.3, 0.4) is 0 Å². The average molecular weight is 256 g/mol. The molecule has 0 unspecified atom stereocenters. The van der Waals surface area contributed by atoms with Crippen molar-refractivity contribution in [3.63, 3.8) is 0 Å². The third kappa shape index (κ3) is 2.63. The predicted molar refractivity (Wildman–Crippen MR) is 77.2 cm³/mol. The first kappa shape index (κ1) is 12.2. The zero-order chi connectivity index (χ0) is 13.1. The Morgan fingerprint density at radius 2 is 1.84 bits per heavy atom.